The van der Waals surface area contributed by atoms with E-state index in [2.05, 4.69) is 10.6 Å². The average Bonchev–Trinajstić information content (AvgIpc) is 2.77. The van der Waals surface area contributed by atoms with Crippen LogP contribution in [0.5, 0.6) is 11.5 Å². The predicted molar refractivity (Wildman–Crippen MR) is 112 cm³/mol. The molecule has 5 N–H and O–H groups in total. The normalized spacial score (nSPS) is 11.4. The van der Waals surface area contributed by atoms with Gasteiger partial charge in [0.15, 0.2) is 12.7 Å². The first-order valence-electron chi connectivity index (χ1n) is 9.35. The van der Waals surface area contributed by atoms with Crippen LogP contribution in [0.2, 0.25) is 0 Å². The third-order valence-corrected chi connectivity index (χ3v) is 4.49. The van der Waals surface area contributed by atoms with Crippen LogP contribution in [0.25, 0.3) is 0 Å². The molecular weight excluding hydrogens is 426 g/mol. The predicted octanol–water partition coefficient (Wildman–Crippen LogP) is 1.39. The van der Waals surface area contributed by atoms with Crippen molar-refractivity contribution in [1.29, 1.82) is 5.41 Å². The van der Waals surface area contributed by atoms with E-state index in [1.807, 2.05) is 0 Å². The minimum absolute atomic E-state index is 0.0394. The number of hydrogen-bond acceptors (Lipinski definition) is 6. The van der Waals surface area contributed by atoms with E-state index in [1.165, 1.54) is 26.3 Å². The Bertz CT molecular complexity index is 993. The molecule has 0 saturated heterocycles. The highest BCUT2D eigenvalue weighted by atomic mass is 19.1. The standard InChI is InChI=1S/C21H24F2N4O5/c1-26-17(28)10-32-16-6-11(20(24)25)4-5-12(16)9-27-21(29)19(31-3)18-14(22)7-13(30-2)8-15(18)23/h4-8,19H,9-10H2,1-3H3,(H3,24,25)(H,26,28)(H,27,29). The monoisotopic (exact) mass is 450 g/mol. The van der Waals surface area contributed by atoms with Gasteiger partial charge in [0.05, 0.1) is 12.7 Å². The minimum Gasteiger partial charge on any atom is -0.497 e. The van der Waals surface area contributed by atoms with Gasteiger partial charge in [-0.2, -0.15) is 0 Å². The maximum Gasteiger partial charge on any atom is 0.257 e. The fourth-order valence-electron chi connectivity index (χ4n) is 2.78. The lowest BCUT2D eigenvalue weighted by molar-refractivity contribution is -0.132. The van der Waals surface area contributed by atoms with E-state index in [4.69, 9.17) is 25.4 Å². The molecule has 0 bridgehead atoms. The zero-order chi connectivity index (χ0) is 23.8. The Balaban J connectivity index is 2.23. The molecule has 2 amide bonds. The smallest absolute Gasteiger partial charge is 0.257 e. The number of likely N-dealkylation sites (N-methyl/N-ethyl adjacent to an activating group) is 1. The van der Waals surface area contributed by atoms with Crippen LogP contribution < -0.4 is 25.8 Å². The molecule has 32 heavy (non-hydrogen) atoms. The van der Waals surface area contributed by atoms with Gasteiger partial charge in [-0.1, -0.05) is 12.1 Å². The fraction of sp³-hybridized carbons (Fsp3) is 0.286. The quantitative estimate of drug-likeness (QED) is 0.319. The molecule has 0 heterocycles. The van der Waals surface area contributed by atoms with E-state index in [-0.39, 0.29) is 30.5 Å². The van der Waals surface area contributed by atoms with Crippen LogP contribution in [0.4, 0.5) is 8.78 Å². The Morgan fingerprint density at radius 3 is 2.34 bits per heavy atom. The van der Waals surface area contributed by atoms with Crippen LogP contribution >= 0.6 is 0 Å². The van der Waals surface area contributed by atoms with Crippen molar-refractivity contribution in [2.45, 2.75) is 12.6 Å². The largest absolute Gasteiger partial charge is 0.497 e. The zero-order valence-corrected chi connectivity index (χ0v) is 17.8. The number of nitrogens with two attached hydrogens (primary N) is 1. The first-order valence-corrected chi connectivity index (χ1v) is 9.35. The summed E-state index contributed by atoms with van der Waals surface area (Å²) in [5, 5.41) is 12.5. The van der Waals surface area contributed by atoms with Gasteiger partial charge >= 0.3 is 0 Å². The highest BCUT2D eigenvalue weighted by molar-refractivity contribution is 5.95. The van der Waals surface area contributed by atoms with Gasteiger partial charge < -0.3 is 30.6 Å². The van der Waals surface area contributed by atoms with Gasteiger partial charge in [0.2, 0.25) is 0 Å². The molecule has 0 fully saturated rings. The first-order chi connectivity index (χ1) is 15.2. The fourth-order valence-corrected chi connectivity index (χ4v) is 2.78. The molecule has 0 spiro atoms. The second kappa shape index (κ2) is 11.0. The number of methoxy groups -OCH3 is 2. The zero-order valence-electron chi connectivity index (χ0n) is 17.8. The Morgan fingerprint density at radius 2 is 1.81 bits per heavy atom. The molecule has 172 valence electrons. The van der Waals surface area contributed by atoms with Crippen molar-refractivity contribution in [3.63, 3.8) is 0 Å². The number of nitrogens with one attached hydrogen (secondary N) is 3. The first kappa shape index (κ1) is 24.5. The van der Waals surface area contributed by atoms with Gasteiger partial charge in [0.25, 0.3) is 11.8 Å². The molecule has 1 unspecified atom stereocenters. The van der Waals surface area contributed by atoms with Crippen molar-refractivity contribution in [2.75, 3.05) is 27.9 Å². The molecule has 0 aliphatic carbocycles. The van der Waals surface area contributed by atoms with Crippen LogP contribution in [0.15, 0.2) is 30.3 Å². The summed E-state index contributed by atoms with van der Waals surface area (Å²) in [4.78, 5) is 24.2. The van der Waals surface area contributed by atoms with Gasteiger partial charge in [-0.25, -0.2) is 8.78 Å². The van der Waals surface area contributed by atoms with E-state index in [9.17, 15) is 18.4 Å². The second-order valence-corrected chi connectivity index (χ2v) is 6.54. The molecule has 2 aromatic rings. The maximum atomic E-state index is 14.4. The summed E-state index contributed by atoms with van der Waals surface area (Å²) in [6.07, 6.45) is -1.56. The number of rotatable bonds is 10. The molecule has 0 aliphatic heterocycles. The molecule has 2 aromatic carbocycles. The van der Waals surface area contributed by atoms with Gasteiger partial charge in [-0.3, -0.25) is 15.0 Å². The van der Waals surface area contributed by atoms with Gasteiger partial charge in [-0.15, -0.1) is 0 Å². The summed E-state index contributed by atoms with van der Waals surface area (Å²) >= 11 is 0. The maximum absolute atomic E-state index is 14.4. The van der Waals surface area contributed by atoms with Crippen LogP contribution in [-0.4, -0.2) is 45.5 Å². The van der Waals surface area contributed by atoms with Crippen molar-refractivity contribution in [3.05, 3.63) is 58.7 Å². The third kappa shape index (κ3) is 5.91. The topological polar surface area (TPSA) is 136 Å². The summed E-state index contributed by atoms with van der Waals surface area (Å²) in [6, 6.07) is 6.43. The summed E-state index contributed by atoms with van der Waals surface area (Å²) in [5.41, 5.74) is 5.72. The van der Waals surface area contributed by atoms with Crippen molar-refractivity contribution in [1.82, 2.24) is 10.6 Å². The van der Waals surface area contributed by atoms with Gasteiger partial charge in [-0.05, 0) is 6.07 Å². The summed E-state index contributed by atoms with van der Waals surface area (Å²) in [6.45, 7) is -0.416. The van der Waals surface area contributed by atoms with E-state index in [0.29, 0.717) is 11.1 Å². The molecule has 9 nitrogen and oxygen atoms in total. The molecule has 0 saturated carbocycles. The lowest BCUT2D eigenvalue weighted by Crippen LogP contribution is -2.31. The van der Waals surface area contributed by atoms with Crippen molar-refractivity contribution in [2.24, 2.45) is 5.73 Å². The number of amides is 2. The lowest BCUT2D eigenvalue weighted by atomic mass is 10.1. The third-order valence-electron chi connectivity index (χ3n) is 4.49. The van der Waals surface area contributed by atoms with E-state index >= 15 is 0 Å². The van der Waals surface area contributed by atoms with Crippen LogP contribution in [0.3, 0.4) is 0 Å². The summed E-state index contributed by atoms with van der Waals surface area (Å²) in [7, 11) is 3.85. The van der Waals surface area contributed by atoms with Crippen LogP contribution in [0, 0.1) is 17.0 Å². The average molecular weight is 450 g/mol. The molecule has 0 radical (unpaired) electrons. The summed E-state index contributed by atoms with van der Waals surface area (Å²) in [5.74, 6) is -3.23. The SMILES string of the molecule is CNC(=O)COc1cc(C(=N)N)ccc1CNC(=O)C(OC)c1c(F)cc(OC)cc1F. The Kier molecular flexibility index (Phi) is 8.47. The number of hydrogen-bond donors (Lipinski definition) is 4. The van der Waals surface area contributed by atoms with Gasteiger partial charge in [0.1, 0.15) is 29.0 Å². The minimum atomic E-state index is -1.56. The highest BCUT2D eigenvalue weighted by Crippen LogP contribution is 2.28. The lowest BCUT2D eigenvalue weighted by Gasteiger charge is -2.19. The van der Waals surface area contributed by atoms with E-state index in [0.717, 1.165) is 19.2 Å². The Labute approximate surface area is 183 Å². The number of carbonyl (C=O) groups is 2. The van der Waals surface area contributed by atoms with Crippen LogP contribution in [-0.2, 0) is 20.9 Å². The number of nitrogen functional groups attached to an aromatic ring is 1. The number of halogens is 2. The molecule has 0 aliphatic rings. The van der Waals surface area contributed by atoms with E-state index < -0.39 is 35.1 Å². The number of amidine groups is 1. The number of benzene rings is 2. The van der Waals surface area contributed by atoms with Crippen molar-refractivity contribution in [3.8, 4) is 11.5 Å². The van der Waals surface area contributed by atoms with Crippen molar-refractivity contribution < 1.29 is 32.6 Å². The molecule has 1 atom stereocenters. The van der Waals surface area contributed by atoms with Gasteiger partial charge in [0, 0.05) is 44.0 Å². The summed E-state index contributed by atoms with van der Waals surface area (Å²) < 4.78 is 44.1. The Hall–Kier alpha value is -3.73. The number of carbonyl (C=O) groups excluding carboxylic acids is 2. The molecule has 11 heteroatoms. The van der Waals surface area contributed by atoms with Crippen LogP contribution in [0.1, 0.15) is 22.8 Å². The highest BCUT2D eigenvalue weighted by Gasteiger charge is 2.28. The van der Waals surface area contributed by atoms with Crippen molar-refractivity contribution >= 4 is 17.6 Å². The van der Waals surface area contributed by atoms with E-state index in [1.54, 1.807) is 6.07 Å². The Morgan fingerprint density at radius 1 is 1.16 bits per heavy atom. The number of ether oxygens (including phenoxy) is 3. The second-order valence-electron chi connectivity index (χ2n) is 6.54. The molecular formula is C21H24F2N4O5. The molecule has 0 aromatic heterocycles. The molecule has 2 rings (SSSR count).